The average molecular weight is 303 g/mol. The second-order valence-corrected chi connectivity index (χ2v) is 4.68. The van der Waals surface area contributed by atoms with Gasteiger partial charge in [0.15, 0.2) is 0 Å². The normalized spacial score (nSPS) is 10.3. The highest BCUT2D eigenvalue weighted by Gasteiger charge is 2.18. The van der Waals surface area contributed by atoms with Gasteiger partial charge in [-0.2, -0.15) is 0 Å². The van der Waals surface area contributed by atoms with Crippen LogP contribution in [0.1, 0.15) is 23.8 Å². The van der Waals surface area contributed by atoms with Crippen molar-refractivity contribution in [2.75, 3.05) is 13.7 Å². The van der Waals surface area contributed by atoms with Crippen LogP contribution in [-0.4, -0.2) is 29.5 Å². The van der Waals surface area contributed by atoms with Crippen LogP contribution in [-0.2, 0) is 0 Å². The van der Waals surface area contributed by atoms with E-state index in [0.29, 0.717) is 29.2 Å². The van der Waals surface area contributed by atoms with E-state index in [-0.39, 0.29) is 11.6 Å². The topological polar surface area (TPSA) is 97.3 Å². The lowest BCUT2D eigenvalue weighted by Gasteiger charge is -2.05. The number of ether oxygens (including phenoxy) is 1. The van der Waals surface area contributed by atoms with E-state index in [9.17, 15) is 14.9 Å². The Bertz CT molecular complexity index is 694. The van der Waals surface area contributed by atoms with Crippen molar-refractivity contribution >= 4 is 11.6 Å². The highest BCUT2D eigenvalue weighted by molar-refractivity contribution is 5.93. The molecule has 2 rings (SSSR count). The van der Waals surface area contributed by atoms with Gasteiger partial charge in [-0.15, -0.1) is 0 Å². The standard InChI is InChI=1S/C15H17N3O4/c1-3-8-16-15(19)13-6-5-12(17-13)11-9-10(22-2)4-7-14(11)18(20)21/h4-7,9,17H,3,8H2,1-2H3,(H,16,19). The molecule has 0 bridgehead atoms. The lowest BCUT2D eigenvalue weighted by molar-refractivity contribution is -0.384. The molecule has 1 amide bonds. The Kier molecular flexibility index (Phi) is 4.77. The summed E-state index contributed by atoms with van der Waals surface area (Å²) in [6.07, 6.45) is 0.834. The predicted octanol–water partition coefficient (Wildman–Crippen LogP) is 2.74. The van der Waals surface area contributed by atoms with Crippen LogP contribution in [0, 0.1) is 10.1 Å². The van der Waals surface area contributed by atoms with Gasteiger partial charge in [-0.25, -0.2) is 0 Å². The quantitative estimate of drug-likeness (QED) is 0.633. The smallest absolute Gasteiger partial charge is 0.278 e. The number of amides is 1. The van der Waals surface area contributed by atoms with Gasteiger partial charge in [0.05, 0.1) is 23.3 Å². The molecule has 1 aromatic heterocycles. The third kappa shape index (κ3) is 3.25. The minimum Gasteiger partial charge on any atom is -0.497 e. The number of hydrogen-bond donors (Lipinski definition) is 2. The molecule has 0 saturated heterocycles. The van der Waals surface area contributed by atoms with Crippen LogP contribution in [0.4, 0.5) is 5.69 Å². The maximum Gasteiger partial charge on any atom is 0.278 e. The summed E-state index contributed by atoms with van der Waals surface area (Å²) in [5, 5.41) is 13.9. The third-order valence-electron chi connectivity index (χ3n) is 3.16. The van der Waals surface area contributed by atoms with Crippen molar-refractivity contribution in [2.45, 2.75) is 13.3 Å². The van der Waals surface area contributed by atoms with Crippen molar-refractivity contribution in [1.82, 2.24) is 10.3 Å². The minimum atomic E-state index is -0.466. The summed E-state index contributed by atoms with van der Waals surface area (Å²) in [5.41, 5.74) is 1.18. The zero-order valence-corrected chi connectivity index (χ0v) is 12.4. The predicted molar refractivity (Wildman–Crippen MR) is 82.1 cm³/mol. The summed E-state index contributed by atoms with van der Waals surface area (Å²) in [5.74, 6) is 0.269. The Balaban J connectivity index is 2.37. The molecule has 7 heteroatoms. The van der Waals surface area contributed by atoms with E-state index in [1.54, 1.807) is 18.2 Å². The van der Waals surface area contributed by atoms with Crippen molar-refractivity contribution < 1.29 is 14.5 Å². The molecule has 0 saturated carbocycles. The van der Waals surface area contributed by atoms with E-state index in [2.05, 4.69) is 10.3 Å². The lowest BCUT2D eigenvalue weighted by atomic mass is 10.1. The van der Waals surface area contributed by atoms with Crippen LogP contribution in [0.5, 0.6) is 5.75 Å². The number of hydrogen-bond acceptors (Lipinski definition) is 4. The van der Waals surface area contributed by atoms with Gasteiger partial charge in [-0.3, -0.25) is 14.9 Å². The fraction of sp³-hybridized carbons (Fsp3) is 0.267. The molecule has 116 valence electrons. The molecule has 0 fully saturated rings. The molecule has 22 heavy (non-hydrogen) atoms. The summed E-state index contributed by atoms with van der Waals surface area (Å²) in [4.78, 5) is 25.5. The van der Waals surface area contributed by atoms with Gasteiger partial charge >= 0.3 is 0 Å². The summed E-state index contributed by atoms with van der Waals surface area (Å²) in [7, 11) is 1.49. The van der Waals surface area contributed by atoms with Crippen molar-refractivity contribution in [3.63, 3.8) is 0 Å². The number of nitrogens with one attached hydrogen (secondary N) is 2. The van der Waals surface area contributed by atoms with E-state index < -0.39 is 4.92 Å². The van der Waals surface area contributed by atoms with Crippen LogP contribution in [0.3, 0.4) is 0 Å². The second kappa shape index (κ2) is 6.75. The summed E-state index contributed by atoms with van der Waals surface area (Å²) >= 11 is 0. The van der Waals surface area contributed by atoms with Gasteiger partial charge < -0.3 is 15.0 Å². The Morgan fingerprint density at radius 1 is 1.36 bits per heavy atom. The Hall–Kier alpha value is -2.83. The van der Waals surface area contributed by atoms with E-state index in [0.717, 1.165) is 6.42 Å². The molecule has 0 aliphatic heterocycles. The van der Waals surface area contributed by atoms with Gasteiger partial charge in [0.1, 0.15) is 11.4 Å². The zero-order chi connectivity index (χ0) is 16.1. The molecule has 0 atom stereocenters. The van der Waals surface area contributed by atoms with Gasteiger partial charge in [-0.1, -0.05) is 6.92 Å². The fourth-order valence-corrected chi connectivity index (χ4v) is 2.04. The largest absolute Gasteiger partial charge is 0.497 e. The minimum absolute atomic E-state index is 0.0526. The molecule has 0 aliphatic rings. The maximum absolute atomic E-state index is 11.9. The number of rotatable bonds is 6. The molecule has 2 N–H and O–H groups in total. The van der Waals surface area contributed by atoms with Crippen LogP contribution in [0.2, 0.25) is 0 Å². The van der Waals surface area contributed by atoms with Gasteiger partial charge in [0.25, 0.3) is 11.6 Å². The van der Waals surface area contributed by atoms with Gasteiger partial charge in [0, 0.05) is 12.6 Å². The molecular weight excluding hydrogens is 286 g/mol. The van der Waals surface area contributed by atoms with Gasteiger partial charge in [0.2, 0.25) is 0 Å². The fourth-order valence-electron chi connectivity index (χ4n) is 2.04. The average Bonchev–Trinajstić information content (AvgIpc) is 3.01. The first-order chi connectivity index (χ1) is 10.6. The van der Waals surface area contributed by atoms with E-state index >= 15 is 0 Å². The van der Waals surface area contributed by atoms with Crippen LogP contribution >= 0.6 is 0 Å². The van der Waals surface area contributed by atoms with E-state index in [1.165, 1.54) is 19.2 Å². The van der Waals surface area contributed by atoms with Crippen molar-refractivity contribution in [1.29, 1.82) is 0 Å². The number of carbonyl (C=O) groups excluding carboxylic acids is 1. The number of aromatic amines is 1. The monoisotopic (exact) mass is 303 g/mol. The van der Waals surface area contributed by atoms with Crippen LogP contribution in [0.25, 0.3) is 11.3 Å². The number of nitro groups is 1. The molecule has 0 spiro atoms. The summed E-state index contributed by atoms with van der Waals surface area (Å²) < 4.78 is 5.10. The highest BCUT2D eigenvalue weighted by Crippen LogP contribution is 2.32. The number of benzene rings is 1. The van der Waals surface area contributed by atoms with Crippen molar-refractivity contribution in [3.05, 3.63) is 46.1 Å². The zero-order valence-electron chi connectivity index (χ0n) is 12.4. The van der Waals surface area contributed by atoms with E-state index in [4.69, 9.17) is 4.74 Å². The Morgan fingerprint density at radius 3 is 2.77 bits per heavy atom. The molecule has 1 heterocycles. The van der Waals surface area contributed by atoms with Crippen molar-refractivity contribution in [2.24, 2.45) is 0 Å². The first-order valence-electron chi connectivity index (χ1n) is 6.86. The molecule has 7 nitrogen and oxygen atoms in total. The number of nitrogens with zero attached hydrogens (tertiary/aromatic N) is 1. The van der Waals surface area contributed by atoms with Crippen molar-refractivity contribution in [3.8, 4) is 17.0 Å². The third-order valence-corrected chi connectivity index (χ3v) is 3.16. The number of aromatic nitrogens is 1. The molecule has 2 aromatic rings. The number of nitro benzene ring substituents is 1. The number of H-pyrrole nitrogens is 1. The Morgan fingerprint density at radius 2 is 2.14 bits per heavy atom. The molecule has 1 aromatic carbocycles. The number of methoxy groups -OCH3 is 1. The first kappa shape index (κ1) is 15.6. The highest BCUT2D eigenvalue weighted by atomic mass is 16.6. The SMILES string of the molecule is CCCNC(=O)c1ccc(-c2cc(OC)ccc2[N+](=O)[O-])[nH]1. The summed E-state index contributed by atoms with van der Waals surface area (Å²) in [6.45, 7) is 2.53. The number of carbonyl (C=O) groups is 1. The van der Waals surface area contributed by atoms with Crippen LogP contribution in [0.15, 0.2) is 30.3 Å². The first-order valence-corrected chi connectivity index (χ1v) is 6.86. The maximum atomic E-state index is 11.9. The lowest BCUT2D eigenvalue weighted by Crippen LogP contribution is -2.24. The molecule has 0 unspecified atom stereocenters. The summed E-state index contributed by atoms with van der Waals surface area (Å²) in [6, 6.07) is 7.72. The molecule has 0 aliphatic carbocycles. The van der Waals surface area contributed by atoms with E-state index in [1.807, 2.05) is 6.92 Å². The van der Waals surface area contributed by atoms with Gasteiger partial charge in [-0.05, 0) is 30.7 Å². The Labute approximate surface area is 127 Å². The molecular formula is C15H17N3O4. The molecule has 0 radical (unpaired) electrons. The van der Waals surface area contributed by atoms with Crippen LogP contribution < -0.4 is 10.1 Å². The second-order valence-electron chi connectivity index (χ2n) is 4.68.